The summed E-state index contributed by atoms with van der Waals surface area (Å²) in [6.45, 7) is 6.85. The summed E-state index contributed by atoms with van der Waals surface area (Å²) in [5, 5.41) is 2.49. The van der Waals surface area contributed by atoms with Crippen molar-refractivity contribution in [3.63, 3.8) is 0 Å². The van der Waals surface area contributed by atoms with Gasteiger partial charge in [0.2, 0.25) is 0 Å². The Bertz CT molecular complexity index is 575. The third-order valence-corrected chi connectivity index (χ3v) is 4.77. The fourth-order valence-corrected chi connectivity index (χ4v) is 3.32. The van der Waals surface area contributed by atoms with Crippen LogP contribution in [0.3, 0.4) is 0 Å². The van der Waals surface area contributed by atoms with Crippen molar-refractivity contribution >= 4 is 23.8 Å². The molecule has 0 spiro atoms. The average molecular weight is 353 g/mol. The van der Waals surface area contributed by atoms with Crippen LogP contribution in [0.5, 0.6) is 0 Å². The Morgan fingerprint density at radius 2 is 2.00 bits per heavy atom. The van der Waals surface area contributed by atoms with Gasteiger partial charge in [0, 0.05) is 12.6 Å². The van der Waals surface area contributed by atoms with Crippen molar-refractivity contribution in [2.24, 2.45) is 0 Å². The molecule has 0 aromatic rings. The SMILES string of the molecule is CCC1CCCCN1C(=O)C(C)OC(=O)CN1C(=O)NC(C)(C)C1=O. The number of hydrogen-bond donors (Lipinski definition) is 1. The zero-order chi connectivity index (χ0) is 18.8. The average Bonchev–Trinajstić information content (AvgIpc) is 2.75. The van der Waals surface area contributed by atoms with Gasteiger partial charge in [0.15, 0.2) is 6.10 Å². The van der Waals surface area contributed by atoms with E-state index in [1.54, 1.807) is 18.7 Å². The predicted molar refractivity (Wildman–Crippen MR) is 89.5 cm³/mol. The number of nitrogens with one attached hydrogen (secondary N) is 1. The summed E-state index contributed by atoms with van der Waals surface area (Å²) in [5.74, 6) is -1.49. The van der Waals surface area contributed by atoms with Crippen molar-refractivity contribution in [1.29, 1.82) is 0 Å². The third-order valence-electron chi connectivity index (χ3n) is 4.77. The molecule has 0 saturated carbocycles. The molecule has 2 unspecified atom stereocenters. The Balaban J connectivity index is 1.92. The molecule has 2 aliphatic rings. The van der Waals surface area contributed by atoms with E-state index >= 15 is 0 Å². The highest BCUT2D eigenvalue weighted by atomic mass is 16.5. The maximum absolute atomic E-state index is 12.6. The normalized spacial score (nSPS) is 24.1. The molecule has 2 aliphatic heterocycles. The molecule has 2 saturated heterocycles. The van der Waals surface area contributed by atoms with Gasteiger partial charge in [-0.05, 0) is 46.5 Å². The quantitative estimate of drug-likeness (QED) is 0.588. The second-order valence-corrected chi connectivity index (χ2v) is 7.17. The molecule has 8 heteroatoms. The number of esters is 1. The summed E-state index contributed by atoms with van der Waals surface area (Å²) in [6.07, 6.45) is 2.93. The smallest absolute Gasteiger partial charge is 0.327 e. The standard InChI is InChI=1S/C17H27N3O5/c1-5-12-8-6-7-9-19(12)14(22)11(2)25-13(21)10-20-15(23)17(3,4)18-16(20)24/h11-12H,5-10H2,1-4H3,(H,18,24). The van der Waals surface area contributed by atoms with Gasteiger partial charge in [-0.3, -0.25) is 19.3 Å². The minimum absolute atomic E-state index is 0.175. The van der Waals surface area contributed by atoms with Crippen LogP contribution in [0.15, 0.2) is 0 Å². The van der Waals surface area contributed by atoms with Crippen LogP contribution in [0, 0.1) is 0 Å². The third kappa shape index (κ3) is 4.11. The van der Waals surface area contributed by atoms with Crippen molar-refractivity contribution in [3.05, 3.63) is 0 Å². The van der Waals surface area contributed by atoms with E-state index in [9.17, 15) is 19.2 Å². The van der Waals surface area contributed by atoms with Gasteiger partial charge in [-0.15, -0.1) is 0 Å². The van der Waals surface area contributed by atoms with E-state index in [0.717, 1.165) is 30.6 Å². The number of piperidine rings is 1. The van der Waals surface area contributed by atoms with Crippen LogP contribution >= 0.6 is 0 Å². The van der Waals surface area contributed by atoms with Crippen LogP contribution in [-0.4, -0.2) is 64.4 Å². The first-order valence-corrected chi connectivity index (χ1v) is 8.81. The molecule has 2 fully saturated rings. The van der Waals surface area contributed by atoms with Crippen LogP contribution in [0.1, 0.15) is 53.4 Å². The van der Waals surface area contributed by atoms with E-state index in [1.807, 2.05) is 6.92 Å². The lowest BCUT2D eigenvalue weighted by Crippen LogP contribution is -2.49. The molecule has 0 aromatic heterocycles. The molecule has 25 heavy (non-hydrogen) atoms. The zero-order valence-corrected chi connectivity index (χ0v) is 15.3. The number of carbonyl (C=O) groups excluding carboxylic acids is 4. The molecule has 2 rings (SSSR count). The van der Waals surface area contributed by atoms with E-state index < -0.39 is 36.1 Å². The lowest BCUT2D eigenvalue weighted by atomic mass is 9.99. The second kappa shape index (κ2) is 7.41. The summed E-state index contributed by atoms with van der Waals surface area (Å²) in [7, 11) is 0. The van der Waals surface area contributed by atoms with Gasteiger partial charge in [-0.2, -0.15) is 0 Å². The summed E-state index contributed by atoms with van der Waals surface area (Å²) in [4.78, 5) is 51.1. The first kappa shape index (κ1) is 19.2. The highest BCUT2D eigenvalue weighted by Crippen LogP contribution is 2.21. The number of urea groups is 1. The summed E-state index contributed by atoms with van der Waals surface area (Å²) >= 11 is 0. The Morgan fingerprint density at radius 1 is 1.32 bits per heavy atom. The Hall–Kier alpha value is -2.12. The summed E-state index contributed by atoms with van der Waals surface area (Å²) in [5.41, 5.74) is -1.04. The van der Waals surface area contributed by atoms with E-state index in [1.165, 1.54) is 6.92 Å². The second-order valence-electron chi connectivity index (χ2n) is 7.17. The van der Waals surface area contributed by atoms with Crippen LogP contribution in [-0.2, 0) is 19.1 Å². The highest BCUT2D eigenvalue weighted by Gasteiger charge is 2.45. The van der Waals surface area contributed by atoms with Crippen LogP contribution in [0.25, 0.3) is 0 Å². The molecule has 1 N–H and O–H groups in total. The van der Waals surface area contributed by atoms with E-state index in [4.69, 9.17) is 4.74 Å². The number of imide groups is 1. The Kier molecular flexibility index (Phi) is 5.69. The zero-order valence-electron chi connectivity index (χ0n) is 15.3. The molecule has 4 amide bonds. The molecule has 2 atom stereocenters. The van der Waals surface area contributed by atoms with E-state index in [-0.39, 0.29) is 11.9 Å². The van der Waals surface area contributed by atoms with Gasteiger partial charge in [0.05, 0.1) is 0 Å². The van der Waals surface area contributed by atoms with Crippen LogP contribution < -0.4 is 5.32 Å². The molecule has 0 aromatic carbocycles. The largest absolute Gasteiger partial charge is 0.451 e. The molecule has 140 valence electrons. The molecular weight excluding hydrogens is 326 g/mol. The Labute approximate surface area is 147 Å². The number of nitrogens with zero attached hydrogens (tertiary/aromatic N) is 2. The van der Waals surface area contributed by atoms with Crippen molar-refractivity contribution in [3.8, 4) is 0 Å². The van der Waals surface area contributed by atoms with Gasteiger partial charge in [-0.1, -0.05) is 6.92 Å². The lowest BCUT2D eigenvalue weighted by molar-refractivity contribution is -0.162. The predicted octanol–water partition coefficient (Wildman–Crippen LogP) is 1.04. The minimum atomic E-state index is -1.04. The minimum Gasteiger partial charge on any atom is -0.451 e. The van der Waals surface area contributed by atoms with Gasteiger partial charge in [-0.25, -0.2) is 4.79 Å². The van der Waals surface area contributed by atoms with Gasteiger partial charge >= 0.3 is 12.0 Å². The molecule has 2 heterocycles. The number of carbonyl (C=O) groups is 4. The number of amides is 4. The van der Waals surface area contributed by atoms with Gasteiger partial charge in [0.25, 0.3) is 11.8 Å². The fraction of sp³-hybridized carbons (Fsp3) is 0.765. The molecule has 0 bridgehead atoms. The van der Waals surface area contributed by atoms with Gasteiger partial charge in [0.1, 0.15) is 12.1 Å². The van der Waals surface area contributed by atoms with Crippen LogP contribution in [0.4, 0.5) is 4.79 Å². The molecule has 8 nitrogen and oxygen atoms in total. The maximum Gasteiger partial charge on any atom is 0.327 e. The number of likely N-dealkylation sites (tertiary alicyclic amines) is 1. The molecular formula is C17H27N3O5. The summed E-state index contributed by atoms with van der Waals surface area (Å²) < 4.78 is 5.18. The van der Waals surface area contributed by atoms with Crippen molar-refractivity contribution in [2.75, 3.05) is 13.1 Å². The molecule has 0 aliphatic carbocycles. The van der Waals surface area contributed by atoms with Gasteiger partial charge < -0.3 is 15.0 Å². The number of hydrogen-bond acceptors (Lipinski definition) is 5. The van der Waals surface area contributed by atoms with Crippen molar-refractivity contribution in [1.82, 2.24) is 15.1 Å². The topological polar surface area (TPSA) is 96.0 Å². The summed E-state index contributed by atoms with van der Waals surface area (Å²) in [6, 6.07) is -0.456. The maximum atomic E-state index is 12.6. The lowest BCUT2D eigenvalue weighted by Gasteiger charge is -2.36. The highest BCUT2D eigenvalue weighted by molar-refractivity contribution is 6.08. The number of ether oxygens (including phenoxy) is 1. The van der Waals surface area contributed by atoms with Crippen LogP contribution in [0.2, 0.25) is 0 Å². The molecule has 0 radical (unpaired) electrons. The number of rotatable bonds is 5. The monoisotopic (exact) mass is 353 g/mol. The van der Waals surface area contributed by atoms with E-state index in [2.05, 4.69) is 5.32 Å². The van der Waals surface area contributed by atoms with Crippen molar-refractivity contribution < 1.29 is 23.9 Å². The fourth-order valence-electron chi connectivity index (χ4n) is 3.32. The first-order valence-electron chi connectivity index (χ1n) is 8.81. The first-order chi connectivity index (χ1) is 11.7. The Morgan fingerprint density at radius 3 is 2.56 bits per heavy atom. The van der Waals surface area contributed by atoms with E-state index in [0.29, 0.717) is 6.54 Å². The van der Waals surface area contributed by atoms with Crippen molar-refractivity contribution in [2.45, 2.75) is 71.1 Å².